The van der Waals surface area contributed by atoms with Crippen molar-refractivity contribution in [1.82, 2.24) is 4.98 Å². The molecule has 3 nitrogen and oxygen atoms in total. The van der Waals surface area contributed by atoms with Crippen molar-refractivity contribution in [3.8, 4) is 0 Å². The summed E-state index contributed by atoms with van der Waals surface area (Å²) < 4.78 is 5.28. The molecule has 0 radical (unpaired) electrons. The Morgan fingerprint density at radius 2 is 2.08 bits per heavy atom. The number of rotatable bonds is 0. The van der Waals surface area contributed by atoms with Crippen molar-refractivity contribution < 1.29 is 4.42 Å². The lowest BCUT2D eigenvalue weighted by Gasteiger charge is -1.92. The second-order valence-corrected chi connectivity index (χ2v) is 2.75. The average Bonchev–Trinajstić information content (AvgIpc) is 2.04. The number of para-hydroxylation sites is 1. The van der Waals surface area contributed by atoms with Crippen molar-refractivity contribution >= 4 is 23.2 Å². The molecule has 1 aromatic carbocycles. The SMILES string of the molecule is O=c1[nH]c(=S)c2ccccc2o1. The third kappa shape index (κ3) is 1.06. The van der Waals surface area contributed by atoms with Gasteiger partial charge in [-0.15, -0.1) is 0 Å². The maximum absolute atomic E-state index is 10.8. The Balaban J connectivity index is 3.09. The Morgan fingerprint density at radius 1 is 1.33 bits per heavy atom. The highest BCUT2D eigenvalue weighted by Crippen LogP contribution is 2.10. The van der Waals surface area contributed by atoms with Crippen LogP contribution in [-0.4, -0.2) is 4.98 Å². The van der Waals surface area contributed by atoms with Gasteiger partial charge in [-0.25, -0.2) is 4.79 Å². The molecule has 0 saturated heterocycles. The summed E-state index contributed by atoms with van der Waals surface area (Å²) in [6.07, 6.45) is 0. The van der Waals surface area contributed by atoms with Gasteiger partial charge in [-0.1, -0.05) is 24.4 Å². The van der Waals surface area contributed by atoms with E-state index >= 15 is 0 Å². The maximum atomic E-state index is 10.8. The molecular weight excluding hydrogens is 174 g/mol. The summed E-state index contributed by atoms with van der Waals surface area (Å²) in [7, 11) is 0. The van der Waals surface area contributed by atoms with E-state index in [0.29, 0.717) is 10.2 Å². The predicted octanol–water partition coefficient (Wildman–Crippen LogP) is 1.85. The number of fused-ring (bicyclic) bond motifs is 1. The Labute approximate surface area is 72.7 Å². The molecule has 2 aromatic rings. The van der Waals surface area contributed by atoms with Crippen LogP contribution in [0.1, 0.15) is 0 Å². The Hall–Kier alpha value is -1.42. The van der Waals surface area contributed by atoms with Crippen molar-refractivity contribution in [2.45, 2.75) is 0 Å². The fraction of sp³-hybridized carbons (Fsp3) is 0. The van der Waals surface area contributed by atoms with Gasteiger partial charge in [0.25, 0.3) is 0 Å². The van der Waals surface area contributed by atoms with Crippen LogP contribution in [0.3, 0.4) is 0 Å². The van der Waals surface area contributed by atoms with Gasteiger partial charge in [0.2, 0.25) is 0 Å². The van der Waals surface area contributed by atoms with E-state index < -0.39 is 5.76 Å². The van der Waals surface area contributed by atoms with Crippen molar-refractivity contribution in [3.63, 3.8) is 0 Å². The van der Waals surface area contributed by atoms with Gasteiger partial charge in [0.15, 0.2) is 0 Å². The minimum absolute atomic E-state index is 0.418. The van der Waals surface area contributed by atoms with Crippen LogP contribution in [0.15, 0.2) is 33.5 Å². The lowest BCUT2D eigenvalue weighted by molar-refractivity contribution is 0.530. The molecule has 1 aromatic heterocycles. The van der Waals surface area contributed by atoms with Gasteiger partial charge in [0, 0.05) is 0 Å². The highest BCUT2D eigenvalue weighted by atomic mass is 32.1. The molecule has 1 N–H and O–H groups in total. The van der Waals surface area contributed by atoms with Crippen LogP contribution < -0.4 is 5.76 Å². The standard InChI is InChI=1S/C8H5NO2S/c10-8-9-7(12)5-3-1-2-4-6(5)11-8/h1-4H,(H,9,10,12). The molecule has 0 aliphatic carbocycles. The minimum atomic E-state index is -0.515. The number of aromatic amines is 1. The van der Waals surface area contributed by atoms with Crippen LogP contribution in [0.4, 0.5) is 0 Å². The van der Waals surface area contributed by atoms with Crippen LogP contribution in [0.25, 0.3) is 11.0 Å². The van der Waals surface area contributed by atoms with E-state index in [0.717, 1.165) is 5.39 Å². The molecule has 60 valence electrons. The first-order valence-electron chi connectivity index (χ1n) is 3.39. The molecule has 0 unspecified atom stereocenters. The first kappa shape index (κ1) is 7.24. The molecule has 0 spiro atoms. The summed E-state index contributed by atoms with van der Waals surface area (Å²) in [6, 6.07) is 7.14. The third-order valence-electron chi connectivity index (χ3n) is 1.55. The van der Waals surface area contributed by atoms with E-state index in [-0.39, 0.29) is 0 Å². The summed E-state index contributed by atoms with van der Waals surface area (Å²) in [5, 5.41) is 0.757. The Morgan fingerprint density at radius 3 is 2.92 bits per heavy atom. The normalized spacial score (nSPS) is 10.3. The lowest BCUT2D eigenvalue weighted by Crippen LogP contribution is -2.02. The van der Waals surface area contributed by atoms with E-state index in [1.54, 1.807) is 18.2 Å². The van der Waals surface area contributed by atoms with E-state index in [1.165, 1.54) is 0 Å². The second-order valence-electron chi connectivity index (χ2n) is 2.34. The highest BCUT2D eigenvalue weighted by molar-refractivity contribution is 7.71. The molecule has 0 bridgehead atoms. The van der Waals surface area contributed by atoms with Crippen LogP contribution in [0.5, 0.6) is 0 Å². The molecule has 2 rings (SSSR count). The molecule has 0 saturated carbocycles. The van der Waals surface area contributed by atoms with E-state index in [1.807, 2.05) is 6.07 Å². The van der Waals surface area contributed by atoms with Crippen LogP contribution in [0.2, 0.25) is 0 Å². The molecule has 0 amide bonds. The number of benzene rings is 1. The number of aromatic nitrogens is 1. The van der Waals surface area contributed by atoms with Gasteiger partial charge in [-0.05, 0) is 12.1 Å². The van der Waals surface area contributed by atoms with Crippen LogP contribution in [-0.2, 0) is 0 Å². The number of H-pyrrole nitrogens is 1. The summed E-state index contributed by atoms with van der Waals surface area (Å²) in [6.45, 7) is 0. The highest BCUT2D eigenvalue weighted by Gasteiger charge is 1.96. The monoisotopic (exact) mass is 179 g/mol. The van der Waals surface area contributed by atoms with Gasteiger partial charge < -0.3 is 4.42 Å². The van der Waals surface area contributed by atoms with E-state index in [9.17, 15) is 4.79 Å². The van der Waals surface area contributed by atoms with Crippen LogP contribution >= 0.6 is 12.2 Å². The van der Waals surface area contributed by atoms with Gasteiger partial charge in [-0.3, -0.25) is 4.98 Å². The predicted molar refractivity (Wildman–Crippen MR) is 47.7 cm³/mol. The van der Waals surface area contributed by atoms with Crippen molar-refractivity contribution in [2.24, 2.45) is 0 Å². The molecule has 12 heavy (non-hydrogen) atoms. The summed E-state index contributed by atoms with van der Waals surface area (Å²) in [5.74, 6) is -0.515. The first-order valence-corrected chi connectivity index (χ1v) is 3.80. The number of hydrogen-bond acceptors (Lipinski definition) is 3. The van der Waals surface area contributed by atoms with Crippen molar-refractivity contribution in [1.29, 1.82) is 0 Å². The fourth-order valence-electron chi connectivity index (χ4n) is 1.03. The summed E-state index contributed by atoms with van der Waals surface area (Å²) in [4.78, 5) is 13.2. The largest absolute Gasteiger partial charge is 0.417 e. The van der Waals surface area contributed by atoms with Gasteiger partial charge in [-0.2, -0.15) is 0 Å². The zero-order valence-corrected chi connectivity index (χ0v) is 6.85. The summed E-state index contributed by atoms with van der Waals surface area (Å²) in [5.41, 5.74) is 0.520. The lowest BCUT2D eigenvalue weighted by atomic mass is 10.3. The summed E-state index contributed by atoms with van der Waals surface area (Å²) >= 11 is 4.93. The Bertz CT molecular complexity index is 526. The quantitative estimate of drug-likeness (QED) is 0.628. The molecule has 0 fully saturated rings. The number of hydrogen-bond donors (Lipinski definition) is 1. The van der Waals surface area contributed by atoms with Gasteiger partial charge in [0.05, 0.1) is 5.39 Å². The molecular formula is C8H5NO2S. The topological polar surface area (TPSA) is 46.0 Å². The van der Waals surface area contributed by atoms with Crippen LogP contribution in [0, 0.1) is 4.64 Å². The third-order valence-corrected chi connectivity index (χ3v) is 1.87. The minimum Gasteiger partial charge on any atom is -0.409 e. The van der Waals surface area contributed by atoms with E-state index in [4.69, 9.17) is 16.6 Å². The Kier molecular flexibility index (Phi) is 1.55. The smallest absolute Gasteiger partial charge is 0.409 e. The number of nitrogens with one attached hydrogen (secondary N) is 1. The maximum Gasteiger partial charge on any atom is 0.417 e. The molecule has 1 heterocycles. The van der Waals surface area contributed by atoms with E-state index in [2.05, 4.69) is 4.98 Å². The zero-order chi connectivity index (χ0) is 8.55. The first-order chi connectivity index (χ1) is 5.77. The average molecular weight is 179 g/mol. The molecule has 4 heteroatoms. The molecule has 0 atom stereocenters. The zero-order valence-electron chi connectivity index (χ0n) is 6.03. The molecule has 0 aliphatic heterocycles. The molecule has 0 aliphatic rings. The fourth-order valence-corrected chi connectivity index (χ4v) is 1.28. The van der Waals surface area contributed by atoms with Crippen molar-refractivity contribution in [3.05, 3.63) is 39.5 Å². The second kappa shape index (κ2) is 2.57. The van der Waals surface area contributed by atoms with Gasteiger partial charge >= 0.3 is 5.76 Å². The van der Waals surface area contributed by atoms with Crippen molar-refractivity contribution in [2.75, 3.05) is 0 Å². The van der Waals surface area contributed by atoms with Gasteiger partial charge in [0.1, 0.15) is 10.2 Å².